The second-order valence-electron chi connectivity index (χ2n) is 6.87. The van der Waals surface area contributed by atoms with Gasteiger partial charge >= 0.3 is 0 Å². The van der Waals surface area contributed by atoms with E-state index in [4.69, 9.17) is 0 Å². The Morgan fingerprint density at radius 1 is 1.04 bits per heavy atom. The van der Waals surface area contributed by atoms with E-state index in [0.717, 1.165) is 5.69 Å². The first-order valence-electron chi connectivity index (χ1n) is 9.12. The standard InChI is InChI=1S/C21H26FN3O/c1-16-13-17(2)15-18(14-16)23-8-7-21(26)25-11-9-24(10-12-25)20-6-4-3-5-19(20)22/h3-6,13-15,23H,7-12H2,1-2H3. The summed E-state index contributed by atoms with van der Waals surface area (Å²) in [6.45, 7) is 7.35. The summed E-state index contributed by atoms with van der Waals surface area (Å²) in [5.41, 5.74) is 4.10. The van der Waals surface area contributed by atoms with E-state index in [1.54, 1.807) is 12.1 Å². The number of nitrogens with one attached hydrogen (secondary N) is 1. The van der Waals surface area contributed by atoms with Crippen molar-refractivity contribution in [3.05, 3.63) is 59.4 Å². The van der Waals surface area contributed by atoms with Crippen molar-refractivity contribution in [1.29, 1.82) is 0 Å². The van der Waals surface area contributed by atoms with E-state index in [9.17, 15) is 9.18 Å². The highest BCUT2D eigenvalue weighted by molar-refractivity contribution is 5.77. The normalized spacial score (nSPS) is 14.4. The van der Waals surface area contributed by atoms with Crippen LogP contribution in [0.2, 0.25) is 0 Å². The van der Waals surface area contributed by atoms with Crippen LogP contribution >= 0.6 is 0 Å². The zero-order valence-corrected chi connectivity index (χ0v) is 15.5. The van der Waals surface area contributed by atoms with Crippen molar-refractivity contribution in [2.24, 2.45) is 0 Å². The topological polar surface area (TPSA) is 35.6 Å². The minimum atomic E-state index is -0.204. The Morgan fingerprint density at radius 2 is 1.69 bits per heavy atom. The van der Waals surface area contributed by atoms with E-state index in [2.05, 4.69) is 37.4 Å². The zero-order valence-electron chi connectivity index (χ0n) is 15.5. The number of anilines is 2. The van der Waals surface area contributed by atoms with Crippen molar-refractivity contribution in [2.75, 3.05) is 42.9 Å². The SMILES string of the molecule is Cc1cc(C)cc(NCCC(=O)N2CCN(c3ccccc3F)CC2)c1. The minimum Gasteiger partial charge on any atom is -0.385 e. The number of amides is 1. The van der Waals surface area contributed by atoms with Gasteiger partial charge in [0, 0.05) is 44.8 Å². The Balaban J connectivity index is 1.46. The predicted octanol–water partition coefficient (Wildman–Crippen LogP) is 3.59. The number of carbonyl (C=O) groups is 1. The van der Waals surface area contributed by atoms with Crippen LogP contribution in [0.4, 0.5) is 15.8 Å². The number of halogens is 1. The summed E-state index contributed by atoms with van der Waals surface area (Å²) in [5, 5.41) is 3.33. The van der Waals surface area contributed by atoms with E-state index < -0.39 is 0 Å². The van der Waals surface area contributed by atoms with Gasteiger partial charge in [0.2, 0.25) is 5.91 Å². The maximum Gasteiger partial charge on any atom is 0.224 e. The molecule has 2 aromatic carbocycles. The van der Waals surface area contributed by atoms with Crippen molar-refractivity contribution in [2.45, 2.75) is 20.3 Å². The Hall–Kier alpha value is -2.56. The molecule has 2 aromatic rings. The lowest BCUT2D eigenvalue weighted by Crippen LogP contribution is -2.49. The average Bonchev–Trinajstić information content (AvgIpc) is 2.61. The van der Waals surface area contributed by atoms with E-state index in [-0.39, 0.29) is 11.7 Å². The molecule has 1 fully saturated rings. The fraction of sp³-hybridized carbons (Fsp3) is 0.381. The molecule has 3 rings (SSSR count). The van der Waals surface area contributed by atoms with E-state index in [0.29, 0.717) is 44.8 Å². The molecule has 0 aromatic heterocycles. The fourth-order valence-corrected chi connectivity index (χ4v) is 3.45. The molecule has 26 heavy (non-hydrogen) atoms. The second kappa shape index (κ2) is 8.21. The summed E-state index contributed by atoms with van der Waals surface area (Å²) >= 11 is 0. The van der Waals surface area contributed by atoms with Crippen LogP contribution in [-0.2, 0) is 4.79 Å². The Morgan fingerprint density at radius 3 is 2.35 bits per heavy atom. The molecule has 1 heterocycles. The molecule has 138 valence electrons. The molecule has 0 radical (unpaired) electrons. The summed E-state index contributed by atoms with van der Waals surface area (Å²) < 4.78 is 13.9. The van der Waals surface area contributed by atoms with E-state index in [1.165, 1.54) is 17.2 Å². The zero-order chi connectivity index (χ0) is 18.5. The number of piperazine rings is 1. The number of aryl methyl sites for hydroxylation is 2. The summed E-state index contributed by atoms with van der Waals surface area (Å²) in [6, 6.07) is 13.1. The molecule has 1 aliphatic heterocycles. The monoisotopic (exact) mass is 355 g/mol. The number of hydrogen-bond donors (Lipinski definition) is 1. The van der Waals surface area contributed by atoms with Crippen molar-refractivity contribution in [3.8, 4) is 0 Å². The minimum absolute atomic E-state index is 0.148. The number of hydrogen-bond acceptors (Lipinski definition) is 3. The quantitative estimate of drug-likeness (QED) is 0.890. The molecule has 1 N–H and O–H groups in total. The molecule has 4 nitrogen and oxygen atoms in total. The Labute approximate surface area is 154 Å². The number of nitrogens with zero attached hydrogens (tertiary/aromatic N) is 2. The van der Waals surface area contributed by atoms with Gasteiger partial charge in [0.05, 0.1) is 5.69 Å². The highest BCUT2D eigenvalue weighted by atomic mass is 19.1. The largest absolute Gasteiger partial charge is 0.385 e. The van der Waals surface area contributed by atoms with Gasteiger partial charge in [0.25, 0.3) is 0 Å². The molecule has 0 unspecified atom stereocenters. The van der Waals surface area contributed by atoms with Crippen LogP contribution in [0.1, 0.15) is 17.5 Å². The lowest BCUT2D eigenvalue weighted by molar-refractivity contribution is -0.131. The molecule has 0 spiro atoms. The fourth-order valence-electron chi connectivity index (χ4n) is 3.45. The molecule has 0 saturated carbocycles. The van der Waals surface area contributed by atoms with Gasteiger partial charge in [-0.05, 0) is 49.2 Å². The Bertz CT molecular complexity index is 749. The van der Waals surface area contributed by atoms with Gasteiger partial charge in [-0.15, -0.1) is 0 Å². The van der Waals surface area contributed by atoms with E-state index >= 15 is 0 Å². The molecule has 0 atom stereocenters. The van der Waals surface area contributed by atoms with Crippen molar-refractivity contribution in [3.63, 3.8) is 0 Å². The van der Waals surface area contributed by atoms with Crippen LogP contribution in [0.5, 0.6) is 0 Å². The first-order chi connectivity index (χ1) is 12.5. The van der Waals surface area contributed by atoms with Crippen LogP contribution in [-0.4, -0.2) is 43.5 Å². The lowest BCUT2D eigenvalue weighted by atomic mass is 10.1. The molecule has 0 bridgehead atoms. The summed E-state index contributed by atoms with van der Waals surface area (Å²) in [4.78, 5) is 16.3. The van der Waals surface area contributed by atoms with Crippen LogP contribution in [0.3, 0.4) is 0 Å². The summed E-state index contributed by atoms with van der Waals surface area (Å²) in [5.74, 6) is -0.0556. The van der Waals surface area contributed by atoms with Gasteiger partial charge in [-0.3, -0.25) is 4.79 Å². The molecule has 1 amide bonds. The van der Waals surface area contributed by atoms with Gasteiger partial charge in [-0.1, -0.05) is 18.2 Å². The second-order valence-corrected chi connectivity index (χ2v) is 6.87. The van der Waals surface area contributed by atoms with Crippen LogP contribution in [0.15, 0.2) is 42.5 Å². The summed E-state index contributed by atoms with van der Waals surface area (Å²) in [7, 11) is 0. The van der Waals surface area contributed by atoms with Gasteiger partial charge in [0.1, 0.15) is 5.82 Å². The maximum atomic E-state index is 13.9. The first kappa shape index (κ1) is 18.2. The van der Waals surface area contributed by atoms with Gasteiger partial charge in [-0.25, -0.2) is 4.39 Å². The summed E-state index contributed by atoms with van der Waals surface area (Å²) in [6.07, 6.45) is 0.465. The molecular formula is C21H26FN3O. The molecule has 1 aliphatic rings. The smallest absolute Gasteiger partial charge is 0.224 e. The van der Waals surface area contributed by atoms with Gasteiger partial charge in [0.15, 0.2) is 0 Å². The third-order valence-corrected chi connectivity index (χ3v) is 4.72. The number of rotatable bonds is 5. The third-order valence-electron chi connectivity index (χ3n) is 4.72. The maximum absolute atomic E-state index is 13.9. The first-order valence-corrected chi connectivity index (χ1v) is 9.12. The van der Waals surface area contributed by atoms with Crippen LogP contribution < -0.4 is 10.2 Å². The van der Waals surface area contributed by atoms with Crippen molar-refractivity contribution < 1.29 is 9.18 Å². The van der Waals surface area contributed by atoms with Crippen molar-refractivity contribution in [1.82, 2.24) is 4.90 Å². The number of carbonyl (C=O) groups excluding carboxylic acids is 1. The average molecular weight is 355 g/mol. The third kappa shape index (κ3) is 4.54. The van der Waals surface area contributed by atoms with Crippen LogP contribution in [0.25, 0.3) is 0 Å². The van der Waals surface area contributed by atoms with E-state index in [1.807, 2.05) is 15.9 Å². The number of para-hydroxylation sites is 1. The Kier molecular flexibility index (Phi) is 5.76. The van der Waals surface area contributed by atoms with Gasteiger partial charge < -0.3 is 15.1 Å². The molecule has 0 aliphatic carbocycles. The molecule has 1 saturated heterocycles. The molecule has 5 heteroatoms. The lowest BCUT2D eigenvalue weighted by Gasteiger charge is -2.36. The molecular weight excluding hydrogens is 329 g/mol. The highest BCUT2D eigenvalue weighted by Gasteiger charge is 2.22. The van der Waals surface area contributed by atoms with Gasteiger partial charge in [-0.2, -0.15) is 0 Å². The number of benzene rings is 2. The highest BCUT2D eigenvalue weighted by Crippen LogP contribution is 2.20. The van der Waals surface area contributed by atoms with Crippen LogP contribution in [0, 0.1) is 19.7 Å². The van der Waals surface area contributed by atoms with Crippen molar-refractivity contribution >= 4 is 17.3 Å². The predicted molar refractivity (Wildman–Crippen MR) is 104 cm³/mol.